The summed E-state index contributed by atoms with van der Waals surface area (Å²) in [4.78, 5) is 23.5. The molecule has 2 atom stereocenters. The van der Waals surface area contributed by atoms with Crippen molar-refractivity contribution < 1.29 is 14.7 Å². The van der Waals surface area contributed by atoms with Gasteiger partial charge in [0, 0.05) is 7.05 Å². The highest BCUT2D eigenvalue weighted by atomic mass is 33.1. The molecule has 0 aliphatic rings. The lowest BCUT2D eigenvalue weighted by Crippen LogP contribution is -2.43. The van der Waals surface area contributed by atoms with Crippen LogP contribution in [0.3, 0.4) is 0 Å². The normalized spacial score (nSPS) is 14.6. The van der Waals surface area contributed by atoms with Gasteiger partial charge in [0.15, 0.2) is 0 Å². The van der Waals surface area contributed by atoms with Crippen molar-refractivity contribution in [3.05, 3.63) is 0 Å². The second-order valence-corrected chi connectivity index (χ2v) is 5.68. The van der Waals surface area contributed by atoms with E-state index in [1.807, 2.05) is 6.26 Å². The van der Waals surface area contributed by atoms with E-state index < -0.39 is 12.0 Å². The van der Waals surface area contributed by atoms with E-state index in [1.54, 1.807) is 6.92 Å². The number of rotatable bonds is 5. The molecule has 0 radical (unpaired) electrons. The first-order chi connectivity index (χ1) is 6.41. The number of hydrogen-bond acceptors (Lipinski definition) is 4. The minimum Gasteiger partial charge on any atom is -0.480 e. The van der Waals surface area contributed by atoms with E-state index in [0.29, 0.717) is 0 Å². The molecule has 14 heavy (non-hydrogen) atoms. The fraction of sp³-hybridized carbons (Fsp3) is 0.750. The van der Waals surface area contributed by atoms with Crippen LogP contribution in [0.2, 0.25) is 0 Å². The van der Waals surface area contributed by atoms with Gasteiger partial charge in [-0.05, 0) is 20.1 Å². The van der Waals surface area contributed by atoms with Gasteiger partial charge in [0.1, 0.15) is 6.04 Å². The van der Waals surface area contributed by atoms with E-state index in [-0.39, 0.29) is 11.2 Å². The van der Waals surface area contributed by atoms with Crippen LogP contribution in [0.1, 0.15) is 13.8 Å². The molecule has 0 bridgehead atoms. The van der Waals surface area contributed by atoms with Crippen LogP contribution in [-0.4, -0.2) is 46.5 Å². The molecule has 0 aliphatic carbocycles. The van der Waals surface area contributed by atoms with Gasteiger partial charge in [-0.1, -0.05) is 21.6 Å². The lowest BCUT2D eigenvalue weighted by molar-refractivity contribution is -0.147. The Kier molecular flexibility index (Phi) is 6.03. The average Bonchev–Trinajstić information content (AvgIpc) is 2.14. The van der Waals surface area contributed by atoms with Gasteiger partial charge in [0.05, 0.1) is 5.25 Å². The number of carboxylic acids is 1. The van der Waals surface area contributed by atoms with Crippen LogP contribution in [0, 0.1) is 0 Å². The van der Waals surface area contributed by atoms with Gasteiger partial charge in [-0.15, -0.1) is 0 Å². The van der Waals surface area contributed by atoms with Crippen molar-refractivity contribution in [3.63, 3.8) is 0 Å². The molecule has 0 saturated carbocycles. The minimum absolute atomic E-state index is 0.153. The number of aliphatic carboxylic acids is 1. The Morgan fingerprint density at radius 2 is 1.86 bits per heavy atom. The first kappa shape index (κ1) is 13.6. The van der Waals surface area contributed by atoms with Gasteiger partial charge in [0.2, 0.25) is 5.91 Å². The van der Waals surface area contributed by atoms with Crippen LogP contribution >= 0.6 is 21.6 Å². The van der Waals surface area contributed by atoms with Gasteiger partial charge in [-0.2, -0.15) is 0 Å². The van der Waals surface area contributed by atoms with Crippen LogP contribution < -0.4 is 0 Å². The highest BCUT2D eigenvalue weighted by Gasteiger charge is 2.25. The first-order valence-corrected chi connectivity index (χ1v) is 6.72. The van der Waals surface area contributed by atoms with Crippen molar-refractivity contribution >= 4 is 33.5 Å². The summed E-state index contributed by atoms with van der Waals surface area (Å²) in [7, 11) is 4.44. The fourth-order valence-electron chi connectivity index (χ4n) is 0.829. The number of carbonyl (C=O) groups is 2. The first-order valence-electron chi connectivity index (χ1n) is 4.10. The van der Waals surface area contributed by atoms with E-state index in [9.17, 15) is 9.59 Å². The summed E-state index contributed by atoms with van der Waals surface area (Å²) in [5, 5.41) is 8.50. The Morgan fingerprint density at radius 1 is 1.36 bits per heavy atom. The van der Waals surface area contributed by atoms with E-state index in [0.717, 1.165) is 0 Å². The van der Waals surface area contributed by atoms with Crippen molar-refractivity contribution in [3.8, 4) is 0 Å². The molecular weight excluding hydrogens is 222 g/mol. The number of likely N-dealkylation sites (N-methyl/N-ethyl adjacent to an activating group) is 1. The molecule has 0 aliphatic heterocycles. The number of amides is 1. The number of carbonyl (C=O) groups excluding carboxylic acids is 1. The smallest absolute Gasteiger partial charge is 0.326 e. The van der Waals surface area contributed by atoms with E-state index in [2.05, 4.69) is 0 Å². The monoisotopic (exact) mass is 237 g/mol. The minimum atomic E-state index is -0.984. The van der Waals surface area contributed by atoms with Crippen molar-refractivity contribution in [1.82, 2.24) is 4.90 Å². The average molecular weight is 237 g/mol. The summed E-state index contributed by atoms with van der Waals surface area (Å²) in [5.41, 5.74) is 0. The topological polar surface area (TPSA) is 57.6 Å². The molecular formula is C8H15NO3S2. The zero-order valence-corrected chi connectivity index (χ0v) is 10.3. The van der Waals surface area contributed by atoms with Crippen molar-refractivity contribution in [2.45, 2.75) is 25.1 Å². The summed E-state index contributed by atoms with van der Waals surface area (Å²) < 4.78 is 0. The van der Waals surface area contributed by atoms with Gasteiger partial charge in [0.25, 0.3) is 0 Å². The van der Waals surface area contributed by atoms with Gasteiger partial charge in [-0.25, -0.2) is 4.79 Å². The Hall–Kier alpha value is -0.360. The Labute approximate surface area is 91.8 Å². The highest BCUT2D eigenvalue weighted by Crippen LogP contribution is 2.24. The number of nitrogens with zero attached hydrogens (tertiary/aromatic N) is 1. The van der Waals surface area contributed by atoms with Crippen LogP contribution in [0.15, 0.2) is 0 Å². The molecule has 4 nitrogen and oxygen atoms in total. The van der Waals surface area contributed by atoms with E-state index in [4.69, 9.17) is 5.11 Å². The lowest BCUT2D eigenvalue weighted by atomic mass is 10.3. The third-order valence-electron chi connectivity index (χ3n) is 1.87. The summed E-state index contributed by atoms with van der Waals surface area (Å²) >= 11 is 0. The molecule has 6 heteroatoms. The SMILES string of the molecule is CSSC(C)C(=O)N(C)C(C)C(=O)O. The maximum Gasteiger partial charge on any atom is 0.326 e. The molecule has 0 spiro atoms. The third kappa shape index (κ3) is 3.79. The second-order valence-electron chi connectivity index (χ2n) is 2.87. The van der Waals surface area contributed by atoms with Crippen molar-refractivity contribution in [1.29, 1.82) is 0 Å². The molecule has 0 rings (SSSR count). The quantitative estimate of drug-likeness (QED) is 0.731. The molecule has 0 heterocycles. The maximum absolute atomic E-state index is 11.6. The summed E-state index contributed by atoms with van der Waals surface area (Å²) in [6.07, 6.45) is 1.88. The second kappa shape index (κ2) is 6.19. The molecule has 1 N–H and O–H groups in total. The standard InChI is InChI=1S/C8H15NO3S2/c1-5(8(11)12)9(3)7(10)6(2)14-13-4/h5-6H,1-4H3,(H,11,12). The number of carboxylic acid groups (broad SMARTS) is 1. The van der Waals surface area contributed by atoms with Crippen LogP contribution in [-0.2, 0) is 9.59 Å². The zero-order valence-electron chi connectivity index (χ0n) is 8.68. The Bertz CT molecular complexity index is 223. The van der Waals surface area contributed by atoms with Crippen molar-refractivity contribution in [2.75, 3.05) is 13.3 Å². The molecule has 0 fully saturated rings. The lowest BCUT2D eigenvalue weighted by Gasteiger charge is -2.24. The zero-order chi connectivity index (χ0) is 11.3. The summed E-state index contributed by atoms with van der Waals surface area (Å²) in [5.74, 6) is -1.14. The molecule has 0 aromatic rings. The third-order valence-corrected chi connectivity index (χ3v) is 4.00. The van der Waals surface area contributed by atoms with E-state index in [1.165, 1.54) is 40.5 Å². The van der Waals surface area contributed by atoms with Crippen LogP contribution in [0.25, 0.3) is 0 Å². The predicted octanol–water partition coefficient (Wildman–Crippen LogP) is 1.32. The maximum atomic E-state index is 11.6. The molecule has 0 aromatic heterocycles. The molecule has 0 saturated heterocycles. The van der Waals surface area contributed by atoms with Crippen molar-refractivity contribution in [2.24, 2.45) is 0 Å². The Morgan fingerprint density at radius 3 is 2.21 bits per heavy atom. The predicted molar refractivity (Wildman–Crippen MR) is 60.4 cm³/mol. The molecule has 82 valence electrons. The Balaban J connectivity index is 4.30. The largest absolute Gasteiger partial charge is 0.480 e. The molecule has 2 unspecified atom stereocenters. The highest BCUT2D eigenvalue weighted by molar-refractivity contribution is 8.76. The van der Waals surface area contributed by atoms with Crippen LogP contribution in [0.4, 0.5) is 0 Å². The fourth-order valence-corrected chi connectivity index (χ4v) is 2.48. The van der Waals surface area contributed by atoms with Gasteiger partial charge < -0.3 is 10.0 Å². The van der Waals surface area contributed by atoms with Crippen LogP contribution in [0.5, 0.6) is 0 Å². The van der Waals surface area contributed by atoms with Gasteiger partial charge >= 0.3 is 5.97 Å². The van der Waals surface area contributed by atoms with E-state index >= 15 is 0 Å². The summed E-state index contributed by atoms with van der Waals surface area (Å²) in [6.45, 7) is 3.27. The van der Waals surface area contributed by atoms with Gasteiger partial charge in [-0.3, -0.25) is 4.79 Å². The molecule has 1 amide bonds. The number of hydrogen-bond donors (Lipinski definition) is 1. The molecule has 0 aromatic carbocycles. The summed E-state index contributed by atoms with van der Waals surface area (Å²) in [6, 6.07) is -0.771.